The van der Waals surface area contributed by atoms with Crippen molar-refractivity contribution in [1.82, 2.24) is 9.80 Å². The van der Waals surface area contributed by atoms with Gasteiger partial charge in [-0.3, -0.25) is 14.5 Å². The number of hydrogen-bond donors (Lipinski definition) is 0. The van der Waals surface area contributed by atoms with E-state index < -0.39 is 11.5 Å². The highest BCUT2D eigenvalue weighted by molar-refractivity contribution is 5.87. The molecule has 0 aliphatic carbocycles. The molecule has 3 atom stereocenters. The highest BCUT2D eigenvalue weighted by atomic mass is 16.6. The largest absolute Gasteiger partial charge is 0.465 e. The number of ether oxygens (including phenoxy) is 2. The van der Waals surface area contributed by atoms with Crippen LogP contribution in [-0.4, -0.2) is 66.2 Å². The predicted octanol–water partition coefficient (Wildman–Crippen LogP) is 1.99. The molecule has 2 bridgehead atoms. The molecule has 3 heterocycles. The standard InChI is InChI=1S/C21H26N2O5/c1-2-27-19(25)21(12-15-6-4-3-5-7-15)13-16-8-9-17(21)23(16)18(24)14-22-10-11-28-20(22)26/h3-7,16-17H,2,8-14H2,1H3/t16-,17+,21+/m1/s1. The zero-order valence-electron chi connectivity index (χ0n) is 16.1. The summed E-state index contributed by atoms with van der Waals surface area (Å²) in [6.45, 7) is 2.89. The summed E-state index contributed by atoms with van der Waals surface area (Å²) in [7, 11) is 0. The summed E-state index contributed by atoms with van der Waals surface area (Å²) in [5, 5.41) is 0. The summed E-state index contributed by atoms with van der Waals surface area (Å²) in [5.41, 5.74) is 0.347. The number of fused-ring (bicyclic) bond motifs is 2. The van der Waals surface area contributed by atoms with Crippen LogP contribution in [0.15, 0.2) is 30.3 Å². The molecule has 3 aliphatic rings. The first-order valence-electron chi connectivity index (χ1n) is 9.99. The van der Waals surface area contributed by atoms with Gasteiger partial charge in [-0.1, -0.05) is 30.3 Å². The molecule has 1 aromatic rings. The first-order valence-corrected chi connectivity index (χ1v) is 9.99. The minimum absolute atomic E-state index is 0.01000. The molecule has 3 aliphatic heterocycles. The average molecular weight is 386 g/mol. The Hall–Kier alpha value is -2.57. The Balaban J connectivity index is 1.59. The number of esters is 1. The van der Waals surface area contributed by atoms with E-state index in [9.17, 15) is 14.4 Å². The molecule has 3 saturated heterocycles. The van der Waals surface area contributed by atoms with E-state index in [1.54, 1.807) is 0 Å². The van der Waals surface area contributed by atoms with E-state index in [-0.39, 0.29) is 30.5 Å². The minimum Gasteiger partial charge on any atom is -0.465 e. The van der Waals surface area contributed by atoms with E-state index in [1.165, 1.54) is 4.90 Å². The number of carbonyl (C=O) groups is 3. The SMILES string of the molecule is CCOC(=O)[C@@]1(Cc2ccccc2)C[C@H]2CC[C@@H]1N2C(=O)CN1CCOC1=O. The molecule has 0 radical (unpaired) electrons. The monoisotopic (exact) mass is 386 g/mol. The number of nitrogens with zero attached hydrogens (tertiary/aromatic N) is 2. The Labute approximate surface area is 164 Å². The maximum Gasteiger partial charge on any atom is 0.410 e. The zero-order valence-corrected chi connectivity index (χ0v) is 16.1. The van der Waals surface area contributed by atoms with Crippen molar-refractivity contribution in [1.29, 1.82) is 0 Å². The molecule has 7 nitrogen and oxygen atoms in total. The normalized spacial score (nSPS) is 28.5. The Morgan fingerprint density at radius 1 is 1.25 bits per heavy atom. The number of rotatable bonds is 6. The smallest absolute Gasteiger partial charge is 0.410 e. The first-order chi connectivity index (χ1) is 13.5. The highest BCUT2D eigenvalue weighted by Crippen LogP contribution is 2.52. The van der Waals surface area contributed by atoms with Crippen molar-refractivity contribution < 1.29 is 23.9 Å². The van der Waals surface area contributed by atoms with Crippen molar-refractivity contribution in [3.05, 3.63) is 35.9 Å². The molecule has 150 valence electrons. The third-order valence-corrected chi connectivity index (χ3v) is 6.24. The van der Waals surface area contributed by atoms with E-state index in [4.69, 9.17) is 9.47 Å². The molecule has 3 fully saturated rings. The molecule has 7 heteroatoms. The van der Waals surface area contributed by atoms with E-state index in [0.29, 0.717) is 32.6 Å². The molecule has 0 unspecified atom stereocenters. The first kappa shape index (κ1) is 18.8. The fraction of sp³-hybridized carbons (Fsp3) is 0.571. The summed E-state index contributed by atoms with van der Waals surface area (Å²) in [5.74, 6) is -0.324. The zero-order chi connectivity index (χ0) is 19.7. The number of cyclic esters (lactones) is 1. The summed E-state index contributed by atoms with van der Waals surface area (Å²) < 4.78 is 10.4. The van der Waals surface area contributed by atoms with Gasteiger partial charge in [-0.15, -0.1) is 0 Å². The van der Waals surface area contributed by atoms with Crippen LogP contribution in [0.25, 0.3) is 0 Å². The Kier molecular flexibility index (Phi) is 5.00. The van der Waals surface area contributed by atoms with Crippen LogP contribution in [0.4, 0.5) is 4.79 Å². The quantitative estimate of drug-likeness (QED) is 0.699. The van der Waals surface area contributed by atoms with E-state index in [1.807, 2.05) is 42.2 Å². The Morgan fingerprint density at radius 3 is 2.71 bits per heavy atom. The molecule has 0 aromatic heterocycles. The van der Waals surface area contributed by atoms with Gasteiger partial charge in [0.25, 0.3) is 0 Å². The van der Waals surface area contributed by atoms with E-state index >= 15 is 0 Å². The van der Waals surface area contributed by atoms with Crippen molar-refractivity contribution in [2.75, 3.05) is 26.3 Å². The molecule has 0 spiro atoms. The fourth-order valence-corrected chi connectivity index (χ4v) is 5.09. The second-order valence-corrected chi connectivity index (χ2v) is 7.83. The van der Waals surface area contributed by atoms with Crippen molar-refractivity contribution in [3.63, 3.8) is 0 Å². The van der Waals surface area contributed by atoms with E-state index in [0.717, 1.165) is 18.4 Å². The van der Waals surface area contributed by atoms with Crippen LogP contribution < -0.4 is 0 Å². The fourth-order valence-electron chi connectivity index (χ4n) is 5.09. The summed E-state index contributed by atoms with van der Waals surface area (Å²) in [4.78, 5) is 41.1. The van der Waals surface area contributed by atoms with Gasteiger partial charge in [-0.05, 0) is 38.2 Å². The average Bonchev–Trinajstić information content (AvgIpc) is 3.37. The number of amides is 2. The van der Waals surface area contributed by atoms with Crippen LogP contribution in [0.1, 0.15) is 31.7 Å². The third kappa shape index (κ3) is 3.12. The lowest BCUT2D eigenvalue weighted by Gasteiger charge is -2.35. The van der Waals surface area contributed by atoms with Crippen molar-refractivity contribution in [2.45, 2.75) is 44.7 Å². The maximum atomic E-state index is 13.1. The molecule has 2 amide bonds. The summed E-state index contributed by atoms with van der Waals surface area (Å²) in [6.07, 6.45) is 2.40. The maximum absolute atomic E-state index is 13.1. The molecule has 1 aromatic carbocycles. The Bertz CT molecular complexity index is 767. The lowest BCUT2D eigenvalue weighted by molar-refractivity contribution is -0.158. The van der Waals surface area contributed by atoms with Crippen molar-refractivity contribution >= 4 is 18.0 Å². The van der Waals surface area contributed by atoms with Crippen molar-refractivity contribution in [2.24, 2.45) is 5.41 Å². The minimum atomic E-state index is -0.721. The Morgan fingerprint density at radius 2 is 2.04 bits per heavy atom. The number of hydrogen-bond acceptors (Lipinski definition) is 5. The number of carbonyl (C=O) groups excluding carboxylic acids is 3. The highest BCUT2D eigenvalue weighted by Gasteiger charge is 2.62. The van der Waals surface area contributed by atoms with Crippen LogP contribution in [-0.2, 0) is 25.5 Å². The van der Waals surface area contributed by atoms with Gasteiger partial charge in [-0.25, -0.2) is 4.79 Å². The van der Waals surface area contributed by atoms with Crippen LogP contribution in [0.2, 0.25) is 0 Å². The lowest BCUT2D eigenvalue weighted by Crippen LogP contribution is -2.49. The van der Waals surface area contributed by atoms with Gasteiger partial charge in [0.2, 0.25) is 5.91 Å². The number of benzene rings is 1. The van der Waals surface area contributed by atoms with Gasteiger partial charge < -0.3 is 14.4 Å². The summed E-state index contributed by atoms with van der Waals surface area (Å²) >= 11 is 0. The lowest BCUT2D eigenvalue weighted by atomic mass is 9.70. The van der Waals surface area contributed by atoms with Crippen LogP contribution in [0, 0.1) is 5.41 Å². The van der Waals surface area contributed by atoms with Gasteiger partial charge in [-0.2, -0.15) is 0 Å². The van der Waals surface area contributed by atoms with Crippen molar-refractivity contribution in [3.8, 4) is 0 Å². The molecule has 4 rings (SSSR count). The molecular weight excluding hydrogens is 360 g/mol. The predicted molar refractivity (Wildman–Crippen MR) is 100 cm³/mol. The van der Waals surface area contributed by atoms with Crippen LogP contribution in [0.5, 0.6) is 0 Å². The van der Waals surface area contributed by atoms with Gasteiger partial charge in [0, 0.05) is 12.1 Å². The van der Waals surface area contributed by atoms with Gasteiger partial charge in [0.1, 0.15) is 13.2 Å². The van der Waals surface area contributed by atoms with Gasteiger partial charge >= 0.3 is 12.1 Å². The van der Waals surface area contributed by atoms with E-state index in [2.05, 4.69) is 0 Å². The van der Waals surface area contributed by atoms with Gasteiger partial charge in [0.05, 0.1) is 18.6 Å². The van der Waals surface area contributed by atoms with Crippen LogP contribution >= 0.6 is 0 Å². The summed E-state index contributed by atoms with van der Waals surface area (Å²) in [6, 6.07) is 9.73. The molecular formula is C21H26N2O5. The topological polar surface area (TPSA) is 76.2 Å². The molecule has 0 saturated carbocycles. The third-order valence-electron chi connectivity index (χ3n) is 6.24. The second-order valence-electron chi connectivity index (χ2n) is 7.83. The second kappa shape index (κ2) is 7.45. The van der Waals surface area contributed by atoms with Crippen LogP contribution in [0.3, 0.4) is 0 Å². The molecule has 28 heavy (non-hydrogen) atoms. The van der Waals surface area contributed by atoms with Gasteiger partial charge in [0.15, 0.2) is 0 Å². The molecule has 0 N–H and O–H groups in total.